The normalized spacial score (nSPS) is 24.2. The van der Waals surface area contributed by atoms with Crippen LogP contribution in [0.15, 0.2) is 48.7 Å². The molecule has 13 nitrogen and oxygen atoms in total. The van der Waals surface area contributed by atoms with Gasteiger partial charge in [0.1, 0.15) is 23.7 Å². The van der Waals surface area contributed by atoms with Gasteiger partial charge in [0.15, 0.2) is 0 Å². The molecule has 5 fully saturated rings. The monoisotopic (exact) mass is 821 g/mol. The van der Waals surface area contributed by atoms with E-state index < -0.39 is 35.5 Å². The molecular weight excluding hydrogens is 773 g/mol. The van der Waals surface area contributed by atoms with Crippen LogP contribution in [0.25, 0.3) is 0 Å². The van der Waals surface area contributed by atoms with Crippen LogP contribution in [0.5, 0.6) is 0 Å². The molecule has 6 aliphatic rings. The molecule has 59 heavy (non-hydrogen) atoms. The third-order valence-corrected chi connectivity index (χ3v) is 14.1. The number of amides is 4. The second-order valence-electron chi connectivity index (χ2n) is 17.3. The molecule has 2 aromatic carbocycles. The van der Waals surface area contributed by atoms with E-state index in [0.29, 0.717) is 41.4 Å². The maximum absolute atomic E-state index is 15.5. The van der Waals surface area contributed by atoms with Crippen LogP contribution in [0.4, 0.5) is 21.6 Å². The van der Waals surface area contributed by atoms with Gasteiger partial charge < -0.3 is 14.7 Å². The third-order valence-electron chi connectivity index (χ3n) is 13.8. The van der Waals surface area contributed by atoms with Crippen LogP contribution in [-0.2, 0) is 16.1 Å². The van der Waals surface area contributed by atoms with Crippen LogP contribution in [0, 0.1) is 22.6 Å². The molecule has 15 heteroatoms. The average Bonchev–Trinajstić information content (AvgIpc) is 3.68. The zero-order chi connectivity index (χ0) is 41.0. The highest BCUT2D eigenvalue weighted by Crippen LogP contribution is 2.46. The first kappa shape index (κ1) is 39.4. The number of nitrogens with one attached hydrogen (secondary N) is 1. The van der Waals surface area contributed by atoms with Crippen LogP contribution in [-0.4, -0.2) is 120 Å². The number of nitrogens with zero attached hydrogens (tertiary/aromatic N) is 8. The van der Waals surface area contributed by atoms with Gasteiger partial charge in [-0.25, -0.2) is 9.37 Å². The Morgan fingerprint density at radius 2 is 1.63 bits per heavy atom. The van der Waals surface area contributed by atoms with Crippen LogP contribution in [0.1, 0.15) is 83.7 Å². The van der Waals surface area contributed by atoms with Crippen molar-refractivity contribution in [1.29, 1.82) is 5.26 Å². The number of pyridine rings is 1. The molecular formula is C44H49ClFN9O4. The van der Waals surface area contributed by atoms with E-state index in [1.807, 2.05) is 29.3 Å². The van der Waals surface area contributed by atoms with Gasteiger partial charge in [0.05, 0.1) is 27.4 Å². The Morgan fingerprint density at radius 1 is 0.898 bits per heavy atom. The molecule has 0 bridgehead atoms. The fourth-order valence-electron chi connectivity index (χ4n) is 10.4. The highest BCUT2D eigenvalue weighted by Gasteiger charge is 2.46. The Bertz CT molecular complexity index is 2210. The van der Waals surface area contributed by atoms with E-state index in [1.165, 1.54) is 11.6 Å². The Hall–Kier alpha value is -5.10. The van der Waals surface area contributed by atoms with E-state index >= 15 is 4.39 Å². The van der Waals surface area contributed by atoms with Gasteiger partial charge in [0, 0.05) is 95.8 Å². The minimum atomic E-state index is -1.09. The summed E-state index contributed by atoms with van der Waals surface area (Å²) in [5.74, 6) is -1.99. The fourth-order valence-corrected chi connectivity index (χ4v) is 10.7. The zero-order valence-corrected chi connectivity index (χ0v) is 34.1. The number of carbonyl (C=O) groups is 4. The SMILES string of the molecule is C[C@H]1CC2(CCN(c3ccc(CN4CCN(C5CCN(c6cc7c(cc6F)C(=O)N(C6CCC(=O)NC6=O)C7=O)CC5)CC4)cn3)CC2)CN1c1ccc(C#N)c(Cl)c1. The number of benzene rings is 2. The second-order valence-corrected chi connectivity index (χ2v) is 17.7. The van der Waals surface area contributed by atoms with Gasteiger partial charge >= 0.3 is 0 Å². The maximum atomic E-state index is 15.5. The van der Waals surface area contributed by atoms with E-state index in [9.17, 15) is 24.4 Å². The number of anilines is 3. The van der Waals surface area contributed by atoms with Gasteiger partial charge in [0.2, 0.25) is 11.8 Å². The van der Waals surface area contributed by atoms with Crippen LogP contribution >= 0.6 is 11.6 Å². The topological polar surface area (TPSA) is 136 Å². The highest BCUT2D eigenvalue weighted by atomic mass is 35.5. The summed E-state index contributed by atoms with van der Waals surface area (Å²) in [4.78, 5) is 68.2. The lowest BCUT2D eigenvalue weighted by Gasteiger charge is -2.43. The van der Waals surface area contributed by atoms with Gasteiger partial charge in [-0.15, -0.1) is 0 Å². The summed E-state index contributed by atoms with van der Waals surface area (Å²) in [5, 5.41) is 12.0. The van der Waals surface area contributed by atoms with Crippen molar-refractivity contribution in [3.63, 3.8) is 0 Å². The van der Waals surface area contributed by atoms with Crippen molar-refractivity contribution in [3.8, 4) is 6.07 Å². The average molecular weight is 822 g/mol. The quantitative estimate of drug-likeness (QED) is 0.329. The van der Waals surface area contributed by atoms with Gasteiger partial charge in [-0.3, -0.25) is 39.2 Å². The number of fused-ring (bicyclic) bond motifs is 1. The number of halogens is 2. The number of imide groups is 2. The minimum absolute atomic E-state index is 0.0285. The molecule has 5 saturated heterocycles. The Labute approximate surface area is 348 Å². The number of piperazine rings is 1. The summed E-state index contributed by atoms with van der Waals surface area (Å²) < 4.78 is 15.5. The fraction of sp³-hybridized carbons (Fsp3) is 0.500. The number of rotatable bonds is 7. The first-order valence-electron chi connectivity index (χ1n) is 20.9. The van der Waals surface area contributed by atoms with Gasteiger partial charge in [-0.05, 0) is 92.8 Å². The molecule has 9 rings (SSSR count). The molecule has 7 heterocycles. The molecule has 1 aromatic heterocycles. The molecule has 1 spiro atoms. The van der Waals surface area contributed by atoms with Crippen LogP contribution in [0.2, 0.25) is 5.02 Å². The van der Waals surface area contributed by atoms with Crippen molar-refractivity contribution < 1.29 is 23.6 Å². The van der Waals surface area contributed by atoms with Gasteiger partial charge in [-0.2, -0.15) is 5.26 Å². The molecule has 0 saturated carbocycles. The van der Waals surface area contributed by atoms with E-state index in [2.05, 4.69) is 50.0 Å². The van der Waals surface area contributed by atoms with Gasteiger partial charge in [0.25, 0.3) is 11.8 Å². The molecule has 1 N–H and O–H groups in total. The van der Waals surface area contributed by atoms with E-state index in [0.717, 1.165) is 107 Å². The number of nitriles is 1. The minimum Gasteiger partial charge on any atom is -0.369 e. The molecule has 6 aliphatic heterocycles. The molecule has 1 unspecified atom stereocenters. The van der Waals surface area contributed by atoms with Crippen molar-refractivity contribution in [2.24, 2.45) is 5.41 Å². The Balaban J connectivity index is 0.730. The smallest absolute Gasteiger partial charge is 0.262 e. The van der Waals surface area contributed by atoms with Crippen LogP contribution in [0.3, 0.4) is 0 Å². The van der Waals surface area contributed by atoms with E-state index in [1.54, 1.807) is 0 Å². The number of carbonyl (C=O) groups excluding carboxylic acids is 4. The highest BCUT2D eigenvalue weighted by molar-refractivity contribution is 6.32. The molecule has 3 aromatic rings. The largest absolute Gasteiger partial charge is 0.369 e. The molecule has 2 atom stereocenters. The summed E-state index contributed by atoms with van der Waals surface area (Å²) in [7, 11) is 0. The number of piperidine rings is 3. The summed E-state index contributed by atoms with van der Waals surface area (Å²) in [6, 6.07) is 14.6. The molecule has 0 radical (unpaired) electrons. The maximum Gasteiger partial charge on any atom is 0.262 e. The summed E-state index contributed by atoms with van der Waals surface area (Å²) in [6.07, 6.45) is 7.21. The number of aromatic nitrogens is 1. The van der Waals surface area contributed by atoms with Crippen molar-refractivity contribution >= 4 is 52.4 Å². The van der Waals surface area contributed by atoms with Crippen molar-refractivity contribution in [1.82, 2.24) is 25.0 Å². The third kappa shape index (κ3) is 7.53. The Kier molecular flexibility index (Phi) is 10.6. The lowest BCUT2D eigenvalue weighted by Crippen LogP contribution is -2.54. The predicted octanol–water partition coefficient (Wildman–Crippen LogP) is 4.82. The van der Waals surface area contributed by atoms with Crippen molar-refractivity contribution in [2.45, 2.75) is 76.5 Å². The first-order valence-corrected chi connectivity index (χ1v) is 21.3. The number of hydrogen-bond donors (Lipinski definition) is 1. The summed E-state index contributed by atoms with van der Waals surface area (Å²) in [5.41, 5.74) is 3.43. The Morgan fingerprint density at radius 3 is 2.29 bits per heavy atom. The first-order chi connectivity index (χ1) is 28.5. The zero-order valence-electron chi connectivity index (χ0n) is 33.3. The summed E-state index contributed by atoms with van der Waals surface area (Å²) in [6.45, 7) is 11.2. The van der Waals surface area contributed by atoms with Gasteiger partial charge in [-0.1, -0.05) is 17.7 Å². The lowest BCUT2D eigenvalue weighted by atomic mass is 9.77. The van der Waals surface area contributed by atoms with Crippen LogP contribution < -0.4 is 20.0 Å². The van der Waals surface area contributed by atoms with Crippen molar-refractivity contribution in [2.75, 3.05) is 73.6 Å². The van der Waals surface area contributed by atoms with E-state index in [-0.39, 0.29) is 29.4 Å². The van der Waals surface area contributed by atoms with E-state index in [4.69, 9.17) is 16.6 Å². The van der Waals surface area contributed by atoms with Crippen molar-refractivity contribution in [3.05, 3.63) is 81.8 Å². The second kappa shape index (κ2) is 15.8. The number of hydrogen-bond acceptors (Lipinski definition) is 11. The molecule has 4 amide bonds. The lowest BCUT2D eigenvalue weighted by molar-refractivity contribution is -0.136. The standard InChI is InChI=1S/C44H49ClFN9O4/c1-28-23-44(27-54(28)32-4-3-30(24-47)35(45)20-32)10-14-53(15-11-44)39-6-2-29(25-48-39)26-50-16-18-51(19-17-50)31-8-12-52(13-9-31)38-22-34-33(21-36(38)46)42(58)55(43(34)59)37-5-7-40(56)49-41(37)57/h2-4,6,20-22,25,28,31,37H,5,7-19,23,26-27H2,1H3,(H,49,56,57)/t28-,37?/m0/s1. The predicted molar refractivity (Wildman–Crippen MR) is 221 cm³/mol. The molecule has 0 aliphatic carbocycles. The molecule has 308 valence electrons. The summed E-state index contributed by atoms with van der Waals surface area (Å²) >= 11 is 6.38.